The third-order valence-electron chi connectivity index (χ3n) is 3.49. The van der Waals surface area contributed by atoms with Gasteiger partial charge in [-0.2, -0.15) is 0 Å². The predicted octanol–water partition coefficient (Wildman–Crippen LogP) is 1.64. The van der Waals surface area contributed by atoms with Crippen molar-refractivity contribution >= 4 is 22.4 Å². The first-order valence-electron chi connectivity index (χ1n) is 6.15. The summed E-state index contributed by atoms with van der Waals surface area (Å²) < 4.78 is 4.84. The molecular formula is C12H19N3O2S. The summed E-state index contributed by atoms with van der Waals surface area (Å²) in [6.45, 7) is 2.62. The van der Waals surface area contributed by atoms with E-state index < -0.39 is 0 Å². The smallest absolute Gasteiger partial charge is 0.322 e. The molecule has 2 N–H and O–H groups in total. The van der Waals surface area contributed by atoms with Gasteiger partial charge in [-0.15, -0.1) is 11.3 Å². The minimum absolute atomic E-state index is 0.181. The van der Waals surface area contributed by atoms with E-state index in [1.807, 2.05) is 6.92 Å². The Kier molecular flexibility index (Phi) is 4.19. The zero-order valence-electron chi connectivity index (χ0n) is 10.8. The SMILES string of the molecule is COC(=O)C(C)N(Cc1cnc(N)s1)C1CCC1. The predicted molar refractivity (Wildman–Crippen MR) is 71.2 cm³/mol. The van der Waals surface area contributed by atoms with Gasteiger partial charge in [0.25, 0.3) is 0 Å². The first-order valence-corrected chi connectivity index (χ1v) is 6.97. The molecule has 1 atom stereocenters. The molecule has 1 fully saturated rings. The van der Waals surface area contributed by atoms with Gasteiger partial charge < -0.3 is 10.5 Å². The number of nitrogens with two attached hydrogens (primary N) is 1. The monoisotopic (exact) mass is 269 g/mol. The van der Waals surface area contributed by atoms with E-state index in [1.165, 1.54) is 24.9 Å². The molecule has 1 aromatic heterocycles. The maximum atomic E-state index is 11.7. The molecule has 0 saturated heterocycles. The van der Waals surface area contributed by atoms with Crippen LogP contribution in [0, 0.1) is 0 Å². The van der Waals surface area contributed by atoms with Crippen LogP contribution >= 0.6 is 11.3 Å². The van der Waals surface area contributed by atoms with E-state index in [0.717, 1.165) is 24.3 Å². The molecule has 1 aliphatic carbocycles. The third kappa shape index (κ3) is 2.81. The quantitative estimate of drug-likeness (QED) is 0.823. The largest absolute Gasteiger partial charge is 0.468 e. The van der Waals surface area contributed by atoms with Crippen molar-refractivity contribution in [3.63, 3.8) is 0 Å². The lowest BCUT2D eigenvalue weighted by Crippen LogP contribution is -2.48. The van der Waals surface area contributed by atoms with Crippen LogP contribution in [0.25, 0.3) is 0 Å². The van der Waals surface area contributed by atoms with E-state index in [1.54, 1.807) is 6.20 Å². The Hall–Kier alpha value is -1.14. The van der Waals surface area contributed by atoms with Crippen LogP contribution < -0.4 is 5.73 Å². The molecule has 1 aliphatic rings. The van der Waals surface area contributed by atoms with Crippen molar-refractivity contribution in [2.45, 2.75) is 44.8 Å². The first kappa shape index (κ1) is 13.3. The number of carbonyl (C=O) groups is 1. The number of nitrogen functional groups attached to an aromatic ring is 1. The number of hydrogen-bond donors (Lipinski definition) is 1. The molecule has 1 saturated carbocycles. The molecule has 0 bridgehead atoms. The summed E-state index contributed by atoms with van der Waals surface area (Å²) in [5.74, 6) is -0.181. The second kappa shape index (κ2) is 5.67. The van der Waals surface area contributed by atoms with E-state index in [0.29, 0.717) is 11.2 Å². The molecule has 0 amide bonds. The van der Waals surface area contributed by atoms with Crippen molar-refractivity contribution in [1.29, 1.82) is 0 Å². The Morgan fingerprint density at radius 1 is 1.72 bits per heavy atom. The van der Waals surface area contributed by atoms with E-state index in [4.69, 9.17) is 10.5 Å². The molecule has 0 spiro atoms. The van der Waals surface area contributed by atoms with Crippen molar-refractivity contribution in [3.05, 3.63) is 11.1 Å². The van der Waals surface area contributed by atoms with Gasteiger partial charge in [0.05, 0.1) is 7.11 Å². The average Bonchev–Trinajstić information content (AvgIpc) is 2.69. The van der Waals surface area contributed by atoms with Gasteiger partial charge in [0.15, 0.2) is 5.13 Å². The summed E-state index contributed by atoms with van der Waals surface area (Å²) in [6.07, 6.45) is 5.32. The van der Waals surface area contributed by atoms with Gasteiger partial charge in [0.1, 0.15) is 6.04 Å². The van der Waals surface area contributed by atoms with Crippen molar-refractivity contribution in [1.82, 2.24) is 9.88 Å². The van der Waals surface area contributed by atoms with Crippen LogP contribution in [0.5, 0.6) is 0 Å². The zero-order valence-corrected chi connectivity index (χ0v) is 11.6. The molecule has 1 aromatic rings. The van der Waals surface area contributed by atoms with Crippen LogP contribution in [0.15, 0.2) is 6.20 Å². The van der Waals surface area contributed by atoms with Crippen molar-refractivity contribution in [2.75, 3.05) is 12.8 Å². The number of ether oxygens (including phenoxy) is 1. The van der Waals surface area contributed by atoms with Crippen LogP contribution in [0.4, 0.5) is 5.13 Å². The maximum Gasteiger partial charge on any atom is 0.322 e. The molecule has 1 heterocycles. The van der Waals surface area contributed by atoms with Crippen LogP contribution in [0.2, 0.25) is 0 Å². The molecule has 5 nitrogen and oxygen atoms in total. The molecule has 0 aliphatic heterocycles. The number of anilines is 1. The minimum atomic E-state index is -0.219. The lowest BCUT2D eigenvalue weighted by atomic mass is 9.90. The number of methoxy groups -OCH3 is 1. The number of hydrogen-bond acceptors (Lipinski definition) is 6. The van der Waals surface area contributed by atoms with Crippen LogP contribution in [-0.2, 0) is 16.1 Å². The second-order valence-electron chi connectivity index (χ2n) is 4.62. The van der Waals surface area contributed by atoms with Gasteiger partial charge in [-0.05, 0) is 19.8 Å². The standard InChI is InChI=1S/C12H19N3O2S/c1-8(11(16)17-2)15(9-4-3-5-9)7-10-6-14-12(13)18-10/h6,8-9H,3-5,7H2,1-2H3,(H2,13,14). The molecule has 100 valence electrons. The number of esters is 1. The fourth-order valence-electron chi connectivity index (χ4n) is 2.18. The van der Waals surface area contributed by atoms with Crippen molar-refractivity contribution in [3.8, 4) is 0 Å². The number of thiazole rings is 1. The second-order valence-corrected chi connectivity index (χ2v) is 5.77. The Bertz CT molecular complexity index is 417. The first-order chi connectivity index (χ1) is 8.61. The highest BCUT2D eigenvalue weighted by Gasteiger charge is 2.32. The topological polar surface area (TPSA) is 68.5 Å². The van der Waals surface area contributed by atoms with Gasteiger partial charge in [-0.25, -0.2) is 4.98 Å². The Labute approximate surface area is 111 Å². The van der Waals surface area contributed by atoms with Gasteiger partial charge in [-0.1, -0.05) is 6.42 Å². The van der Waals surface area contributed by atoms with E-state index in [9.17, 15) is 4.79 Å². The highest BCUT2D eigenvalue weighted by atomic mass is 32.1. The van der Waals surface area contributed by atoms with Crippen LogP contribution in [0.3, 0.4) is 0 Å². The van der Waals surface area contributed by atoms with Gasteiger partial charge in [0.2, 0.25) is 0 Å². The highest BCUT2D eigenvalue weighted by Crippen LogP contribution is 2.29. The molecule has 1 unspecified atom stereocenters. The normalized spacial score (nSPS) is 17.5. The average molecular weight is 269 g/mol. The summed E-state index contributed by atoms with van der Waals surface area (Å²) >= 11 is 1.48. The fraction of sp³-hybridized carbons (Fsp3) is 0.667. The maximum absolute atomic E-state index is 11.7. The fourth-order valence-corrected chi connectivity index (χ4v) is 2.88. The van der Waals surface area contributed by atoms with Gasteiger partial charge in [0, 0.05) is 23.7 Å². The summed E-state index contributed by atoms with van der Waals surface area (Å²) in [5.41, 5.74) is 5.64. The van der Waals surface area contributed by atoms with Crippen molar-refractivity contribution < 1.29 is 9.53 Å². The highest BCUT2D eigenvalue weighted by molar-refractivity contribution is 7.15. The third-order valence-corrected chi connectivity index (χ3v) is 4.30. The van der Waals surface area contributed by atoms with Crippen LogP contribution in [-0.4, -0.2) is 35.0 Å². The van der Waals surface area contributed by atoms with Crippen LogP contribution in [0.1, 0.15) is 31.1 Å². The number of carbonyl (C=O) groups excluding carboxylic acids is 1. The lowest BCUT2D eigenvalue weighted by Gasteiger charge is -2.39. The number of nitrogens with zero attached hydrogens (tertiary/aromatic N) is 2. The summed E-state index contributed by atoms with van der Waals surface area (Å²) in [6, 6.07) is 0.256. The molecule has 0 radical (unpaired) electrons. The molecular weight excluding hydrogens is 250 g/mol. The molecule has 6 heteroatoms. The summed E-state index contributed by atoms with van der Waals surface area (Å²) in [4.78, 5) is 19.0. The number of aromatic nitrogens is 1. The zero-order chi connectivity index (χ0) is 13.1. The molecule has 2 rings (SSSR count). The summed E-state index contributed by atoms with van der Waals surface area (Å²) in [5, 5.41) is 0.573. The Morgan fingerprint density at radius 2 is 2.44 bits per heavy atom. The molecule has 18 heavy (non-hydrogen) atoms. The minimum Gasteiger partial charge on any atom is -0.468 e. The van der Waals surface area contributed by atoms with Gasteiger partial charge in [-0.3, -0.25) is 9.69 Å². The van der Waals surface area contributed by atoms with E-state index in [-0.39, 0.29) is 12.0 Å². The van der Waals surface area contributed by atoms with E-state index >= 15 is 0 Å². The van der Waals surface area contributed by atoms with E-state index in [2.05, 4.69) is 9.88 Å². The molecule has 0 aromatic carbocycles. The summed E-state index contributed by atoms with van der Waals surface area (Å²) in [7, 11) is 1.43. The van der Waals surface area contributed by atoms with Crippen molar-refractivity contribution in [2.24, 2.45) is 0 Å². The number of rotatable bonds is 5. The lowest BCUT2D eigenvalue weighted by molar-refractivity contribution is -0.148. The Morgan fingerprint density at radius 3 is 2.89 bits per heavy atom. The van der Waals surface area contributed by atoms with Gasteiger partial charge >= 0.3 is 5.97 Å². The Balaban J connectivity index is 2.07.